The first-order valence-electron chi connectivity index (χ1n) is 7.92. The average Bonchev–Trinajstić information content (AvgIpc) is 2.45. The average molecular weight is 288 g/mol. The first kappa shape index (κ1) is 16.0. The molecule has 3 nitrogen and oxygen atoms in total. The van der Waals surface area contributed by atoms with Crippen molar-refractivity contribution in [2.45, 2.75) is 52.6 Å². The fourth-order valence-corrected chi connectivity index (χ4v) is 2.40. The minimum Gasteiger partial charge on any atom is -0.477 e. The largest absolute Gasteiger partial charge is 0.477 e. The van der Waals surface area contributed by atoms with E-state index in [0.29, 0.717) is 11.8 Å². The van der Waals surface area contributed by atoms with E-state index < -0.39 is 0 Å². The van der Waals surface area contributed by atoms with E-state index in [-0.39, 0.29) is 5.54 Å². The van der Waals surface area contributed by atoms with Crippen molar-refractivity contribution in [2.24, 2.45) is 11.8 Å². The van der Waals surface area contributed by atoms with E-state index in [0.717, 1.165) is 25.5 Å². The van der Waals surface area contributed by atoms with Crippen LogP contribution in [0.5, 0.6) is 5.88 Å². The number of pyridine rings is 1. The van der Waals surface area contributed by atoms with Gasteiger partial charge in [0.25, 0.3) is 0 Å². The number of aromatic nitrogens is 1. The van der Waals surface area contributed by atoms with Gasteiger partial charge in [-0.25, -0.2) is 4.98 Å². The van der Waals surface area contributed by atoms with Crippen LogP contribution in [-0.4, -0.2) is 17.1 Å². The van der Waals surface area contributed by atoms with Gasteiger partial charge >= 0.3 is 0 Å². The molecule has 1 aromatic heterocycles. The summed E-state index contributed by atoms with van der Waals surface area (Å²) in [5.41, 5.74) is 1.31. The summed E-state index contributed by atoms with van der Waals surface area (Å²) in [7, 11) is 0. The third kappa shape index (κ3) is 5.50. The highest BCUT2D eigenvalue weighted by atomic mass is 16.5. The van der Waals surface area contributed by atoms with Crippen molar-refractivity contribution < 1.29 is 4.74 Å². The molecule has 2 rings (SSSR count). The number of nitrogens with zero attached hydrogens (tertiary/aromatic N) is 1. The van der Waals surface area contributed by atoms with Crippen molar-refractivity contribution in [3.05, 3.63) is 36.0 Å². The smallest absolute Gasteiger partial charge is 0.213 e. The van der Waals surface area contributed by atoms with Gasteiger partial charge in [-0.05, 0) is 51.0 Å². The maximum absolute atomic E-state index is 5.85. The summed E-state index contributed by atoms with van der Waals surface area (Å²) in [5.74, 6) is 2.04. The Balaban J connectivity index is 1.81. The molecule has 0 saturated heterocycles. The minimum absolute atomic E-state index is 0.125. The van der Waals surface area contributed by atoms with Gasteiger partial charge in [-0.15, -0.1) is 0 Å². The van der Waals surface area contributed by atoms with Crippen molar-refractivity contribution in [3.63, 3.8) is 0 Å². The first-order valence-corrected chi connectivity index (χ1v) is 7.92. The zero-order valence-corrected chi connectivity index (χ0v) is 13.7. The number of rotatable bonds is 5. The van der Waals surface area contributed by atoms with Crippen molar-refractivity contribution >= 4 is 0 Å². The molecule has 3 heteroatoms. The highest BCUT2D eigenvalue weighted by Crippen LogP contribution is 2.25. The number of hydrogen-bond donors (Lipinski definition) is 1. The van der Waals surface area contributed by atoms with Crippen molar-refractivity contribution in [1.82, 2.24) is 10.3 Å². The lowest BCUT2D eigenvalue weighted by Crippen LogP contribution is -2.35. The Morgan fingerprint density at radius 1 is 1.24 bits per heavy atom. The second-order valence-corrected chi connectivity index (χ2v) is 7.10. The van der Waals surface area contributed by atoms with Crippen LogP contribution in [0.1, 0.15) is 46.1 Å². The molecule has 116 valence electrons. The Morgan fingerprint density at radius 3 is 2.62 bits per heavy atom. The summed E-state index contributed by atoms with van der Waals surface area (Å²) in [5, 5.41) is 3.46. The summed E-state index contributed by atoms with van der Waals surface area (Å²) in [6, 6.07) is 4.06. The van der Waals surface area contributed by atoms with E-state index in [1.165, 1.54) is 12.0 Å². The van der Waals surface area contributed by atoms with Crippen molar-refractivity contribution in [3.8, 4) is 5.88 Å². The van der Waals surface area contributed by atoms with E-state index in [1.807, 2.05) is 12.3 Å². The van der Waals surface area contributed by atoms with E-state index in [1.54, 1.807) is 0 Å². The van der Waals surface area contributed by atoms with Crippen LogP contribution in [0.4, 0.5) is 0 Å². The number of ether oxygens (including phenoxy) is 1. The van der Waals surface area contributed by atoms with E-state index in [9.17, 15) is 0 Å². The predicted molar refractivity (Wildman–Crippen MR) is 87.4 cm³/mol. The molecule has 0 saturated carbocycles. The first-order chi connectivity index (χ1) is 9.94. The molecule has 1 aromatic rings. The topological polar surface area (TPSA) is 34.1 Å². The maximum Gasteiger partial charge on any atom is 0.213 e. The highest BCUT2D eigenvalue weighted by molar-refractivity contribution is 5.18. The van der Waals surface area contributed by atoms with Crippen LogP contribution in [0.3, 0.4) is 0 Å². The molecule has 1 aliphatic carbocycles. The van der Waals surface area contributed by atoms with E-state index in [2.05, 4.69) is 56.2 Å². The number of allylic oxidation sites excluding steroid dienone is 2. The van der Waals surface area contributed by atoms with Crippen LogP contribution < -0.4 is 10.1 Å². The summed E-state index contributed by atoms with van der Waals surface area (Å²) < 4.78 is 5.85. The lowest BCUT2D eigenvalue weighted by molar-refractivity contribution is 0.192. The molecule has 0 bridgehead atoms. The SMILES string of the molecule is CC1CC=CCC1COc1ccc(CNC(C)(C)C)cn1. The summed E-state index contributed by atoms with van der Waals surface area (Å²) in [4.78, 5) is 4.41. The van der Waals surface area contributed by atoms with E-state index >= 15 is 0 Å². The van der Waals surface area contributed by atoms with Gasteiger partial charge in [-0.2, -0.15) is 0 Å². The van der Waals surface area contributed by atoms with Gasteiger partial charge in [-0.1, -0.05) is 25.1 Å². The Bertz CT molecular complexity index is 459. The number of nitrogens with one attached hydrogen (secondary N) is 1. The van der Waals surface area contributed by atoms with Crippen LogP contribution >= 0.6 is 0 Å². The van der Waals surface area contributed by atoms with Gasteiger partial charge in [0.2, 0.25) is 5.88 Å². The molecule has 0 spiro atoms. The van der Waals surface area contributed by atoms with Crippen LogP contribution in [0.2, 0.25) is 0 Å². The molecule has 0 amide bonds. The van der Waals surface area contributed by atoms with Crippen molar-refractivity contribution in [2.75, 3.05) is 6.61 Å². The third-order valence-electron chi connectivity index (χ3n) is 3.98. The molecule has 2 unspecified atom stereocenters. The Labute approximate surface area is 128 Å². The molecular formula is C18H28N2O. The summed E-state index contributed by atoms with van der Waals surface area (Å²) >= 11 is 0. The standard InChI is InChI=1S/C18H28N2O/c1-14-7-5-6-8-16(14)13-21-17-10-9-15(11-19-17)12-20-18(2,3)4/h5-6,9-11,14,16,20H,7-8,12-13H2,1-4H3. The summed E-state index contributed by atoms with van der Waals surface area (Å²) in [6.07, 6.45) is 8.73. The normalized spacial score (nSPS) is 22.3. The van der Waals surface area contributed by atoms with Gasteiger partial charge in [-0.3, -0.25) is 0 Å². The van der Waals surface area contributed by atoms with Gasteiger partial charge < -0.3 is 10.1 Å². The Morgan fingerprint density at radius 2 is 2.00 bits per heavy atom. The van der Waals surface area contributed by atoms with Gasteiger partial charge in [0, 0.05) is 24.3 Å². The second kappa shape index (κ2) is 7.08. The Kier molecular flexibility index (Phi) is 5.40. The highest BCUT2D eigenvalue weighted by Gasteiger charge is 2.19. The van der Waals surface area contributed by atoms with Gasteiger partial charge in [0.05, 0.1) is 6.61 Å². The second-order valence-electron chi connectivity index (χ2n) is 7.10. The molecule has 1 N–H and O–H groups in total. The molecule has 0 aliphatic heterocycles. The Hall–Kier alpha value is -1.35. The molecular weight excluding hydrogens is 260 g/mol. The molecule has 1 heterocycles. The van der Waals surface area contributed by atoms with Gasteiger partial charge in [0.15, 0.2) is 0 Å². The molecule has 2 atom stereocenters. The van der Waals surface area contributed by atoms with Crippen LogP contribution in [-0.2, 0) is 6.54 Å². The van der Waals surface area contributed by atoms with Crippen molar-refractivity contribution in [1.29, 1.82) is 0 Å². The lowest BCUT2D eigenvalue weighted by Gasteiger charge is -2.24. The molecule has 0 aromatic carbocycles. The third-order valence-corrected chi connectivity index (χ3v) is 3.98. The van der Waals surface area contributed by atoms with Gasteiger partial charge in [0.1, 0.15) is 0 Å². The minimum atomic E-state index is 0.125. The molecule has 0 radical (unpaired) electrons. The molecule has 1 aliphatic rings. The zero-order chi connectivity index (χ0) is 15.3. The quantitative estimate of drug-likeness (QED) is 0.833. The molecule has 0 fully saturated rings. The maximum atomic E-state index is 5.85. The van der Waals surface area contributed by atoms with Crippen LogP contribution in [0.15, 0.2) is 30.5 Å². The predicted octanol–water partition coefficient (Wildman–Crippen LogP) is 3.95. The zero-order valence-electron chi connectivity index (χ0n) is 13.7. The van der Waals surface area contributed by atoms with Crippen LogP contribution in [0.25, 0.3) is 0 Å². The van der Waals surface area contributed by atoms with Crippen LogP contribution in [0, 0.1) is 11.8 Å². The lowest BCUT2D eigenvalue weighted by atomic mass is 9.85. The fraction of sp³-hybridized carbons (Fsp3) is 0.611. The fourth-order valence-electron chi connectivity index (χ4n) is 2.40. The number of hydrogen-bond acceptors (Lipinski definition) is 3. The summed E-state index contributed by atoms with van der Waals surface area (Å²) in [6.45, 7) is 10.4. The monoisotopic (exact) mass is 288 g/mol. The van der Waals surface area contributed by atoms with E-state index in [4.69, 9.17) is 4.74 Å². The molecule has 21 heavy (non-hydrogen) atoms.